The molecule has 4 rings (SSSR count). The SMILES string of the molecule is C[C@]1(O)C[C@@H]2C[C@H]1[C@H]1CC(=C3CCC(=O)CC3)C[C@@H]21. The first-order valence-corrected chi connectivity index (χ1v) is 7.98. The number of ketones is 1. The van der Waals surface area contributed by atoms with Gasteiger partial charge in [-0.05, 0) is 69.1 Å². The van der Waals surface area contributed by atoms with Crippen molar-refractivity contribution in [3.8, 4) is 0 Å². The topological polar surface area (TPSA) is 37.3 Å². The van der Waals surface area contributed by atoms with Crippen LogP contribution in [0.4, 0.5) is 0 Å². The summed E-state index contributed by atoms with van der Waals surface area (Å²) in [6.07, 6.45) is 8.41. The molecule has 0 aromatic rings. The minimum absolute atomic E-state index is 0.394. The third-order valence-electron chi connectivity index (χ3n) is 6.58. The fraction of sp³-hybridized carbons (Fsp3) is 0.824. The summed E-state index contributed by atoms with van der Waals surface area (Å²) in [5.41, 5.74) is 2.89. The van der Waals surface area contributed by atoms with Crippen molar-refractivity contribution in [2.75, 3.05) is 0 Å². The van der Waals surface area contributed by atoms with Crippen molar-refractivity contribution < 1.29 is 9.90 Å². The van der Waals surface area contributed by atoms with Crippen molar-refractivity contribution in [3.63, 3.8) is 0 Å². The molecular formula is C17H24O2. The lowest BCUT2D eigenvalue weighted by Gasteiger charge is -2.35. The fourth-order valence-corrected chi connectivity index (χ4v) is 5.69. The van der Waals surface area contributed by atoms with Crippen LogP contribution in [0.1, 0.15) is 58.3 Å². The number of carbonyl (C=O) groups excluding carboxylic acids is 1. The smallest absolute Gasteiger partial charge is 0.133 e. The first-order valence-electron chi connectivity index (χ1n) is 7.98. The van der Waals surface area contributed by atoms with Crippen molar-refractivity contribution in [1.29, 1.82) is 0 Å². The second-order valence-corrected chi connectivity index (χ2v) is 7.65. The summed E-state index contributed by atoms with van der Waals surface area (Å²) in [6, 6.07) is 0. The molecule has 0 aliphatic heterocycles. The molecule has 0 unspecified atom stereocenters. The van der Waals surface area contributed by atoms with Gasteiger partial charge in [-0.2, -0.15) is 0 Å². The highest BCUT2D eigenvalue weighted by Gasteiger charge is 2.59. The molecule has 0 saturated heterocycles. The van der Waals surface area contributed by atoms with Gasteiger partial charge in [0.2, 0.25) is 0 Å². The Labute approximate surface area is 115 Å². The van der Waals surface area contributed by atoms with Crippen molar-refractivity contribution in [3.05, 3.63) is 11.1 Å². The van der Waals surface area contributed by atoms with E-state index in [4.69, 9.17) is 0 Å². The molecule has 4 aliphatic carbocycles. The lowest BCUT2D eigenvalue weighted by molar-refractivity contribution is -0.119. The predicted octanol–water partition coefficient (Wildman–Crippen LogP) is 3.24. The van der Waals surface area contributed by atoms with Gasteiger partial charge in [0.25, 0.3) is 0 Å². The molecule has 19 heavy (non-hydrogen) atoms. The van der Waals surface area contributed by atoms with Crippen LogP contribution in [0.15, 0.2) is 11.1 Å². The summed E-state index contributed by atoms with van der Waals surface area (Å²) in [6.45, 7) is 2.05. The zero-order valence-corrected chi connectivity index (χ0v) is 11.8. The molecule has 0 amide bonds. The molecule has 5 atom stereocenters. The van der Waals surface area contributed by atoms with Crippen molar-refractivity contribution in [2.24, 2.45) is 23.7 Å². The van der Waals surface area contributed by atoms with Gasteiger partial charge >= 0.3 is 0 Å². The number of hydrogen-bond acceptors (Lipinski definition) is 2. The summed E-state index contributed by atoms with van der Waals surface area (Å²) >= 11 is 0. The summed E-state index contributed by atoms with van der Waals surface area (Å²) in [5, 5.41) is 10.5. The lowest BCUT2D eigenvalue weighted by atomic mass is 9.74. The zero-order chi connectivity index (χ0) is 13.2. The zero-order valence-electron chi connectivity index (χ0n) is 11.8. The van der Waals surface area contributed by atoms with Gasteiger partial charge in [0.15, 0.2) is 0 Å². The fourth-order valence-electron chi connectivity index (χ4n) is 5.69. The molecule has 1 N–H and O–H groups in total. The third-order valence-corrected chi connectivity index (χ3v) is 6.58. The Bertz CT molecular complexity index is 448. The summed E-state index contributed by atoms with van der Waals surface area (Å²) in [5.74, 6) is 3.36. The molecule has 2 bridgehead atoms. The maximum atomic E-state index is 11.4. The van der Waals surface area contributed by atoms with Gasteiger partial charge in [-0.1, -0.05) is 11.1 Å². The maximum Gasteiger partial charge on any atom is 0.133 e. The minimum Gasteiger partial charge on any atom is -0.390 e. The molecule has 0 radical (unpaired) electrons. The van der Waals surface area contributed by atoms with E-state index in [1.807, 2.05) is 0 Å². The molecule has 4 fully saturated rings. The van der Waals surface area contributed by atoms with Crippen molar-refractivity contribution >= 4 is 5.78 Å². The van der Waals surface area contributed by atoms with Gasteiger partial charge < -0.3 is 5.11 Å². The highest BCUT2D eigenvalue weighted by Crippen LogP contribution is 2.63. The number of allylic oxidation sites excluding steroid dienone is 2. The van der Waals surface area contributed by atoms with E-state index in [9.17, 15) is 9.90 Å². The van der Waals surface area contributed by atoms with Crippen molar-refractivity contribution in [2.45, 2.75) is 63.9 Å². The Morgan fingerprint density at radius 3 is 2.47 bits per heavy atom. The van der Waals surface area contributed by atoms with Gasteiger partial charge in [-0.25, -0.2) is 0 Å². The quantitative estimate of drug-likeness (QED) is 0.679. The Balaban J connectivity index is 1.56. The average molecular weight is 260 g/mol. The Morgan fingerprint density at radius 1 is 1.05 bits per heavy atom. The standard InChI is InChI=1S/C17H24O2/c1-17(19)9-12-8-16(17)15-7-11(6-14(12)15)10-2-4-13(18)5-3-10/h12,14-16,19H,2-9H2,1H3/t12-,14-,15-,16-,17-/m0/s1. The summed E-state index contributed by atoms with van der Waals surface area (Å²) in [7, 11) is 0. The van der Waals surface area contributed by atoms with Crippen LogP contribution in [-0.4, -0.2) is 16.5 Å². The predicted molar refractivity (Wildman–Crippen MR) is 73.6 cm³/mol. The van der Waals surface area contributed by atoms with E-state index in [1.54, 1.807) is 11.1 Å². The first kappa shape index (κ1) is 12.1. The largest absolute Gasteiger partial charge is 0.390 e. The van der Waals surface area contributed by atoms with Crippen LogP contribution in [0.5, 0.6) is 0 Å². The van der Waals surface area contributed by atoms with E-state index in [2.05, 4.69) is 6.92 Å². The number of hydrogen-bond donors (Lipinski definition) is 1. The normalized spacial score (nSPS) is 49.1. The number of Topliss-reactive ketones (excluding diaryl/α,β-unsaturated/α-hetero) is 1. The van der Waals surface area contributed by atoms with E-state index in [0.717, 1.165) is 49.9 Å². The van der Waals surface area contributed by atoms with Gasteiger partial charge in [0.05, 0.1) is 5.60 Å². The number of fused-ring (bicyclic) bond motifs is 5. The number of carbonyl (C=O) groups is 1. The van der Waals surface area contributed by atoms with Gasteiger partial charge in [0, 0.05) is 12.8 Å². The van der Waals surface area contributed by atoms with Gasteiger partial charge in [-0.15, -0.1) is 0 Å². The monoisotopic (exact) mass is 260 g/mol. The van der Waals surface area contributed by atoms with Crippen molar-refractivity contribution in [1.82, 2.24) is 0 Å². The molecular weight excluding hydrogens is 236 g/mol. The third kappa shape index (κ3) is 1.75. The molecule has 2 nitrogen and oxygen atoms in total. The van der Waals surface area contributed by atoms with Crippen LogP contribution in [0.2, 0.25) is 0 Å². The Hall–Kier alpha value is -0.630. The Morgan fingerprint density at radius 2 is 1.74 bits per heavy atom. The van der Waals surface area contributed by atoms with Crippen LogP contribution >= 0.6 is 0 Å². The van der Waals surface area contributed by atoms with Crippen LogP contribution in [0.25, 0.3) is 0 Å². The van der Waals surface area contributed by atoms with E-state index in [1.165, 1.54) is 19.3 Å². The molecule has 0 spiro atoms. The van der Waals surface area contributed by atoms with Gasteiger partial charge in [-0.3, -0.25) is 4.79 Å². The molecule has 104 valence electrons. The van der Waals surface area contributed by atoms with E-state index >= 15 is 0 Å². The van der Waals surface area contributed by atoms with E-state index < -0.39 is 5.60 Å². The average Bonchev–Trinajstić information content (AvgIpc) is 2.98. The molecule has 4 saturated carbocycles. The lowest BCUT2D eigenvalue weighted by Crippen LogP contribution is -2.38. The minimum atomic E-state index is -0.394. The number of rotatable bonds is 0. The highest BCUT2D eigenvalue weighted by molar-refractivity contribution is 5.80. The van der Waals surface area contributed by atoms with Crippen LogP contribution in [0, 0.1) is 23.7 Å². The van der Waals surface area contributed by atoms with Crippen LogP contribution in [-0.2, 0) is 4.79 Å². The highest BCUT2D eigenvalue weighted by atomic mass is 16.3. The molecule has 2 heteroatoms. The van der Waals surface area contributed by atoms with Gasteiger partial charge in [0.1, 0.15) is 5.78 Å². The molecule has 0 aromatic heterocycles. The summed E-state index contributed by atoms with van der Waals surface area (Å²) in [4.78, 5) is 11.4. The van der Waals surface area contributed by atoms with E-state index in [-0.39, 0.29) is 0 Å². The second-order valence-electron chi connectivity index (χ2n) is 7.65. The second kappa shape index (κ2) is 3.94. The molecule has 4 aliphatic rings. The van der Waals surface area contributed by atoms with E-state index in [0.29, 0.717) is 11.7 Å². The molecule has 0 aromatic carbocycles. The maximum absolute atomic E-state index is 11.4. The Kier molecular flexibility index (Phi) is 2.52. The van der Waals surface area contributed by atoms with Crippen LogP contribution in [0.3, 0.4) is 0 Å². The van der Waals surface area contributed by atoms with Crippen LogP contribution < -0.4 is 0 Å². The molecule has 0 heterocycles. The first-order chi connectivity index (χ1) is 9.04. The summed E-state index contributed by atoms with van der Waals surface area (Å²) < 4.78 is 0. The number of aliphatic hydroxyl groups is 1.